The van der Waals surface area contributed by atoms with Gasteiger partial charge in [0, 0.05) is 19.4 Å². The molecule has 0 aromatic heterocycles. The van der Waals surface area contributed by atoms with Crippen LogP contribution in [0.2, 0.25) is 0 Å². The van der Waals surface area contributed by atoms with Gasteiger partial charge in [-0.05, 0) is 12.8 Å². The number of rotatable bonds is 21. The largest absolute Gasteiger partial charge is 0.472 e. The SMILES string of the molecule is CCCCCCCCCC(=O)O[C@H](COC(=O)CCCCC)COP(=O)(O)OCCN. The van der Waals surface area contributed by atoms with Gasteiger partial charge < -0.3 is 20.1 Å². The zero-order valence-electron chi connectivity index (χ0n) is 19.2. The van der Waals surface area contributed by atoms with Crippen LogP contribution in [-0.4, -0.2) is 49.3 Å². The minimum Gasteiger partial charge on any atom is -0.462 e. The highest BCUT2D eigenvalue weighted by molar-refractivity contribution is 7.47. The van der Waals surface area contributed by atoms with E-state index in [1.54, 1.807) is 0 Å². The molecule has 0 rings (SSSR count). The summed E-state index contributed by atoms with van der Waals surface area (Å²) in [6, 6.07) is 0. The van der Waals surface area contributed by atoms with Gasteiger partial charge in [-0.15, -0.1) is 0 Å². The summed E-state index contributed by atoms with van der Waals surface area (Å²) in [6.07, 6.45) is 9.61. The number of carbonyl (C=O) groups is 2. The fourth-order valence-corrected chi connectivity index (χ4v) is 3.51. The lowest BCUT2D eigenvalue weighted by molar-refractivity contribution is -0.161. The molecule has 0 aliphatic carbocycles. The maximum absolute atomic E-state index is 12.1. The molecule has 0 aromatic rings. The highest BCUT2D eigenvalue weighted by Gasteiger charge is 2.25. The Labute approximate surface area is 186 Å². The first kappa shape index (κ1) is 30.0. The zero-order chi connectivity index (χ0) is 23.4. The fourth-order valence-electron chi connectivity index (χ4n) is 2.75. The van der Waals surface area contributed by atoms with Crippen molar-refractivity contribution < 1.29 is 37.6 Å². The summed E-state index contributed by atoms with van der Waals surface area (Å²) in [5.41, 5.74) is 5.24. The molecule has 0 fully saturated rings. The van der Waals surface area contributed by atoms with Gasteiger partial charge in [0.25, 0.3) is 0 Å². The number of phosphoric acid groups is 1. The maximum atomic E-state index is 12.1. The second kappa shape index (κ2) is 19.7. The first-order valence-corrected chi connectivity index (χ1v) is 13.0. The predicted octanol–water partition coefficient (Wildman–Crippen LogP) is 4.25. The van der Waals surface area contributed by atoms with E-state index in [-0.39, 0.29) is 32.6 Å². The quantitative estimate of drug-likeness (QED) is 0.144. The first-order chi connectivity index (χ1) is 14.8. The van der Waals surface area contributed by atoms with Gasteiger partial charge in [-0.1, -0.05) is 65.2 Å². The van der Waals surface area contributed by atoms with Gasteiger partial charge in [0.05, 0.1) is 13.2 Å². The lowest BCUT2D eigenvalue weighted by Gasteiger charge is -2.19. The van der Waals surface area contributed by atoms with Crippen molar-refractivity contribution in [1.82, 2.24) is 0 Å². The Kier molecular flexibility index (Phi) is 19.0. The van der Waals surface area contributed by atoms with Crippen molar-refractivity contribution in [3.05, 3.63) is 0 Å². The van der Waals surface area contributed by atoms with E-state index >= 15 is 0 Å². The summed E-state index contributed by atoms with van der Waals surface area (Å²) < 4.78 is 31.8. The second-order valence-electron chi connectivity index (χ2n) is 7.51. The van der Waals surface area contributed by atoms with Crippen molar-refractivity contribution in [3.63, 3.8) is 0 Å². The molecule has 0 saturated heterocycles. The summed E-state index contributed by atoms with van der Waals surface area (Å²) in [6.45, 7) is 3.43. The number of hydrogen-bond acceptors (Lipinski definition) is 8. The Bertz CT molecular complexity index is 518. The normalized spacial score (nSPS) is 14.1. The van der Waals surface area contributed by atoms with Crippen LogP contribution in [-0.2, 0) is 32.7 Å². The third-order valence-electron chi connectivity index (χ3n) is 4.49. The van der Waals surface area contributed by atoms with E-state index in [9.17, 15) is 19.0 Å². The zero-order valence-corrected chi connectivity index (χ0v) is 20.1. The molecule has 0 spiro atoms. The molecule has 0 aliphatic rings. The molecule has 0 saturated carbocycles. The van der Waals surface area contributed by atoms with Crippen molar-refractivity contribution in [1.29, 1.82) is 0 Å². The Morgan fingerprint density at radius 1 is 0.839 bits per heavy atom. The first-order valence-electron chi connectivity index (χ1n) is 11.5. The van der Waals surface area contributed by atoms with Crippen LogP contribution in [0, 0.1) is 0 Å². The van der Waals surface area contributed by atoms with Gasteiger partial charge in [0.15, 0.2) is 6.10 Å². The summed E-state index contributed by atoms with van der Waals surface area (Å²) in [7, 11) is -4.33. The fraction of sp³-hybridized carbons (Fsp3) is 0.905. The predicted molar refractivity (Wildman–Crippen MR) is 118 cm³/mol. The Hall–Kier alpha value is -0.990. The molecule has 0 heterocycles. The van der Waals surface area contributed by atoms with Gasteiger partial charge >= 0.3 is 19.8 Å². The van der Waals surface area contributed by atoms with Gasteiger partial charge in [-0.25, -0.2) is 4.57 Å². The third-order valence-corrected chi connectivity index (χ3v) is 5.48. The van der Waals surface area contributed by atoms with E-state index in [1.165, 1.54) is 19.3 Å². The van der Waals surface area contributed by atoms with Crippen molar-refractivity contribution in [3.8, 4) is 0 Å². The van der Waals surface area contributed by atoms with Crippen LogP contribution in [0.25, 0.3) is 0 Å². The smallest absolute Gasteiger partial charge is 0.462 e. The standard InChI is InChI=1S/C21H42NO8P/c1-3-5-7-8-9-10-12-14-21(24)30-19(17-27-20(23)13-11-6-4-2)18-29-31(25,26)28-16-15-22/h19H,3-18,22H2,1-2H3,(H,25,26)/t19-/m1/s1. The van der Waals surface area contributed by atoms with E-state index in [0.29, 0.717) is 12.8 Å². The van der Waals surface area contributed by atoms with Gasteiger partial charge in [0.2, 0.25) is 0 Å². The molecule has 184 valence electrons. The van der Waals surface area contributed by atoms with Crippen molar-refractivity contribution in [2.45, 2.75) is 97.0 Å². The number of esters is 2. The van der Waals surface area contributed by atoms with Gasteiger partial charge in [0.1, 0.15) is 6.61 Å². The second-order valence-corrected chi connectivity index (χ2v) is 8.96. The van der Waals surface area contributed by atoms with E-state index in [1.807, 2.05) is 6.92 Å². The molecule has 3 N–H and O–H groups in total. The monoisotopic (exact) mass is 467 g/mol. The molecule has 0 aromatic carbocycles. The van der Waals surface area contributed by atoms with Gasteiger partial charge in [-0.3, -0.25) is 18.6 Å². The molecular formula is C21H42NO8P. The van der Waals surface area contributed by atoms with Crippen LogP contribution in [0.5, 0.6) is 0 Å². The minimum atomic E-state index is -4.33. The Balaban J connectivity index is 4.45. The number of unbranched alkanes of at least 4 members (excludes halogenated alkanes) is 8. The molecule has 1 unspecified atom stereocenters. The molecule has 0 radical (unpaired) electrons. The molecule has 0 aliphatic heterocycles. The number of hydrogen-bond donors (Lipinski definition) is 2. The summed E-state index contributed by atoms with van der Waals surface area (Å²) in [4.78, 5) is 33.6. The highest BCUT2D eigenvalue weighted by Crippen LogP contribution is 2.43. The maximum Gasteiger partial charge on any atom is 0.472 e. The van der Waals surface area contributed by atoms with E-state index in [0.717, 1.165) is 32.1 Å². The van der Waals surface area contributed by atoms with Crippen molar-refractivity contribution >= 4 is 19.8 Å². The topological polar surface area (TPSA) is 134 Å². The van der Waals surface area contributed by atoms with Crippen LogP contribution >= 0.6 is 7.82 Å². The van der Waals surface area contributed by atoms with Crippen LogP contribution in [0.3, 0.4) is 0 Å². The van der Waals surface area contributed by atoms with E-state index < -0.39 is 32.5 Å². The van der Waals surface area contributed by atoms with Crippen LogP contribution in [0.1, 0.15) is 90.9 Å². The lowest BCUT2D eigenvalue weighted by atomic mass is 10.1. The average molecular weight is 468 g/mol. The molecule has 9 nitrogen and oxygen atoms in total. The van der Waals surface area contributed by atoms with E-state index in [2.05, 4.69) is 11.4 Å². The molecule has 0 bridgehead atoms. The van der Waals surface area contributed by atoms with Crippen LogP contribution in [0.15, 0.2) is 0 Å². The molecule has 0 amide bonds. The van der Waals surface area contributed by atoms with E-state index in [4.69, 9.17) is 19.7 Å². The number of phosphoric ester groups is 1. The highest BCUT2D eigenvalue weighted by atomic mass is 31.2. The number of carbonyl (C=O) groups excluding carboxylic acids is 2. The average Bonchev–Trinajstić information content (AvgIpc) is 2.73. The molecule has 31 heavy (non-hydrogen) atoms. The Morgan fingerprint density at radius 2 is 1.39 bits per heavy atom. The summed E-state index contributed by atoms with van der Waals surface area (Å²) >= 11 is 0. The molecule has 2 atom stereocenters. The molecule has 10 heteroatoms. The number of nitrogens with two attached hydrogens (primary N) is 1. The molecular weight excluding hydrogens is 425 g/mol. The minimum absolute atomic E-state index is 0.0557. The third kappa shape index (κ3) is 19.4. The summed E-state index contributed by atoms with van der Waals surface area (Å²) in [5, 5.41) is 0. The van der Waals surface area contributed by atoms with Crippen LogP contribution in [0.4, 0.5) is 0 Å². The van der Waals surface area contributed by atoms with Crippen molar-refractivity contribution in [2.75, 3.05) is 26.4 Å². The van der Waals surface area contributed by atoms with Crippen molar-refractivity contribution in [2.24, 2.45) is 5.73 Å². The lowest BCUT2D eigenvalue weighted by Crippen LogP contribution is -2.29. The number of ether oxygens (including phenoxy) is 2. The Morgan fingerprint density at radius 3 is 2.03 bits per heavy atom. The van der Waals surface area contributed by atoms with Crippen LogP contribution < -0.4 is 5.73 Å². The summed E-state index contributed by atoms with van der Waals surface area (Å²) in [5.74, 6) is -0.868. The van der Waals surface area contributed by atoms with Gasteiger partial charge in [-0.2, -0.15) is 0 Å².